The summed E-state index contributed by atoms with van der Waals surface area (Å²) >= 11 is 0. The van der Waals surface area contributed by atoms with Gasteiger partial charge in [0.2, 0.25) is 5.88 Å². The van der Waals surface area contributed by atoms with Gasteiger partial charge in [0.25, 0.3) is 0 Å². The molecule has 3 aromatic carbocycles. The molecule has 12 heteroatoms. The predicted molar refractivity (Wildman–Crippen MR) is 160 cm³/mol. The topological polar surface area (TPSA) is 93.3 Å². The van der Waals surface area contributed by atoms with Gasteiger partial charge >= 0.3 is 5.97 Å². The average Bonchev–Trinajstić information content (AvgIpc) is 3.39. The summed E-state index contributed by atoms with van der Waals surface area (Å²) in [5.74, 6) is -2.00. The molecule has 0 radical (unpaired) electrons. The first kappa shape index (κ1) is 30.7. The minimum atomic E-state index is -0.868. The van der Waals surface area contributed by atoms with E-state index in [0.717, 1.165) is 18.2 Å². The summed E-state index contributed by atoms with van der Waals surface area (Å²) in [6.07, 6.45) is -0.920. The first-order chi connectivity index (χ1) is 22.2. The molecule has 0 N–H and O–H groups in total. The van der Waals surface area contributed by atoms with Gasteiger partial charge in [-0.1, -0.05) is 12.1 Å². The molecule has 2 aromatic heterocycles. The van der Waals surface area contributed by atoms with E-state index in [1.807, 2.05) is 15.5 Å². The Balaban J connectivity index is 1.25. The van der Waals surface area contributed by atoms with Crippen LogP contribution >= 0.6 is 0 Å². The summed E-state index contributed by atoms with van der Waals surface area (Å²) < 4.78 is 71.0. The second kappa shape index (κ2) is 13.0. The SMILES string of the molecule is COC(=O)c1ccc2nc(Cc3cc(F)c(-c4cccc(OCc5ccc(C#N)cc5F)n4)cc3F)n(CCN3CC(F)C3)c2c1. The quantitative estimate of drug-likeness (QED) is 0.138. The van der Waals surface area contributed by atoms with Crippen LogP contribution in [0.15, 0.2) is 66.7 Å². The molecule has 234 valence electrons. The molecular formula is C34H27F4N5O3. The van der Waals surface area contributed by atoms with Gasteiger partial charge in [-0.05, 0) is 54.1 Å². The molecule has 1 saturated heterocycles. The Morgan fingerprint density at radius 2 is 1.76 bits per heavy atom. The van der Waals surface area contributed by atoms with Crippen molar-refractivity contribution in [1.29, 1.82) is 5.26 Å². The highest BCUT2D eigenvalue weighted by Crippen LogP contribution is 2.29. The number of carbonyl (C=O) groups excluding carboxylic acids is 1. The highest BCUT2D eigenvalue weighted by Gasteiger charge is 2.26. The average molecular weight is 630 g/mol. The van der Waals surface area contributed by atoms with Crippen LogP contribution in [0.25, 0.3) is 22.3 Å². The molecule has 1 fully saturated rings. The largest absolute Gasteiger partial charge is 0.473 e. The summed E-state index contributed by atoms with van der Waals surface area (Å²) in [6.45, 7) is 1.37. The van der Waals surface area contributed by atoms with Crippen LogP contribution in [0.1, 0.15) is 32.9 Å². The van der Waals surface area contributed by atoms with Gasteiger partial charge in [-0.15, -0.1) is 0 Å². The molecule has 0 unspecified atom stereocenters. The first-order valence-corrected chi connectivity index (χ1v) is 14.4. The zero-order valence-electron chi connectivity index (χ0n) is 24.6. The number of esters is 1. The molecule has 0 atom stereocenters. The highest BCUT2D eigenvalue weighted by molar-refractivity contribution is 5.93. The van der Waals surface area contributed by atoms with Gasteiger partial charge in [0, 0.05) is 49.8 Å². The number of benzene rings is 3. The molecule has 0 aliphatic carbocycles. The molecule has 0 saturated carbocycles. The fraction of sp³-hybridized carbons (Fsp3) is 0.235. The van der Waals surface area contributed by atoms with Crippen molar-refractivity contribution in [3.63, 3.8) is 0 Å². The van der Waals surface area contributed by atoms with Gasteiger partial charge in [-0.2, -0.15) is 5.26 Å². The smallest absolute Gasteiger partial charge is 0.337 e. The lowest BCUT2D eigenvalue weighted by Gasteiger charge is -2.34. The fourth-order valence-electron chi connectivity index (χ4n) is 5.35. The van der Waals surface area contributed by atoms with Crippen LogP contribution in [-0.2, 0) is 24.3 Å². The Hall–Kier alpha value is -5.28. The van der Waals surface area contributed by atoms with Gasteiger partial charge in [-0.25, -0.2) is 32.3 Å². The van der Waals surface area contributed by atoms with Crippen molar-refractivity contribution in [3.8, 4) is 23.2 Å². The molecule has 5 aromatic rings. The Bertz CT molecular complexity index is 1980. The molecule has 8 nitrogen and oxygen atoms in total. The summed E-state index contributed by atoms with van der Waals surface area (Å²) in [7, 11) is 1.28. The number of rotatable bonds is 10. The van der Waals surface area contributed by atoms with Crippen molar-refractivity contribution in [1.82, 2.24) is 19.4 Å². The monoisotopic (exact) mass is 629 g/mol. The number of nitriles is 1. The van der Waals surface area contributed by atoms with Crippen LogP contribution in [0, 0.1) is 28.8 Å². The second-order valence-corrected chi connectivity index (χ2v) is 10.9. The van der Waals surface area contributed by atoms with E-state index in [4.69, 9.17) is 14.7 Å². The molecule has 3 heterocycles. The number of fused-ring (bicyclic) bond motifs is 1. The molecular weight excluding hydrogens is 602 g/mol. The van der Waals surface area contributed by atoms with Crippen molar-refractivity contribution in [2.75, 3.05) is 26.7 Å². The van der Waals surface area contributed by atoms with E-state index in [1.165, 1.54) is 31.4 Å². The summed E-state index contributed by atoms with van der Waals surface area (Å²) in [5.41, 5.74) is 1.96. The van der Waals surface area contributed by atoms with Gasteiger partial charge < -0.3 is 14.0 Å². The summed E-state index contributed by atoms with van der Waals surface area (Å²) in [6, 6.07) is 17.5. The van der Waals surface area contributed by atoms with Crippen molar-refractivity contribution in [3.05, 3.63) is 112 Å². The van der Waals surface area contributed by atoms with Crippen LogP contribution < -0.4 is 4.74 Å². The van der Waals surface area contributed by atoms with E-state index >= 15 is 8.78 Å². The number of ether oxygens (including phenoxy) is 2. The number of methoxy groups -OCH3 is 1. The van der Waals surface area contributed by atoms with Crippen LogP contribution in [0.3, 0.4) is 0 Å². The number of pyridine rings is 1. The van der Waals surface area contributed by atoms with E-state index in [-0.39, 0.29) is 46.9 Å². The Morgan fingerprint density at radius 3 is 2.50 bits per heavy atom. The van der Waals surface area contributed by atoms with E-state index in [9.17, 15) is 13.6 Å². The Labute approximate surface area is 261 Å². The summed E-state index contributed by atoms with van der Waals surface area (Å²) in [4.78, 5) is 23.1. The van der Waals surface area contributed by atoms with E-state index in [2.05, 4.69) is 9.97 Å². The third-order valence-electron chi connectivity index (χ3n) is 7.84. The zero-order valence-corrected chi connectivity index (χ0v) is 24.6. The molecule has 46 heavy (non-hydrogen) atoms. The van der Waals surface area contributed by atoms with E-state index in [1.54, 1.807) is 24.3 Å². The van der Waals surface area contributed by atoms with Gasteiger partial charge in [0.05, 0.1) is 41.0 Å². The molecule has 0 amide bonds. The number of hydrogen-bond acceptors (Lipinski definition) is 7. The number of aromatic nitrogens is 3. The van der Waals surface area contributed by atoms with Crippen LogP contribution in [0.2, 0.25) is 0 Å². The van der Waals surface area contributed by atoms with Crippen LogP contribution in [0.5, 0.6) is 5.88 Å². The predicted octanol–water partition coefficient (Wildman–Crippen LogP) is 6.00. The van der Waals surface area contributed by atoms with E-state index in [0.29, 0.717) is 48.6 Å². The number of nitrogens with zero attached hydrogens (tertiary/aromatic N) is 5. The highest BCUT2D eigenvalue weighted by atomic mass is 19.1. The van der Waals surface area contributed by atoms with Crippen molar-refractivity contribution < 1.29 is 31.8 Å². The second-order valence-electron chi connectivity index (χ2n) is 10.9. The minimum absolute atomic E-state index is 0.0518. The number of hydrogen-bond donors (Lipinski definition) is 0. The molecule has 1 aliphatic rings. The number of alkyl halides is 1. The number of halogens is 4. The van der Waals surface area contributed by atoms with Crippen molar-refractivity contribution in [2.45, 2.75) is 25.7 Å². The summed E-state index contributed by atoms with van der Waals surface area (Å²) in [5, 5.41) is 8.92. The normalized spacial score (nSPS) is 13.4. The van der Waals surface area contributed by atoms with E-state index < -0.39 is 29.6 Å². The lowest BCUT2D eigenvalue weighted by molar-refractivity contribution is 0.0600. The molecule has 6 rings (SSSR count). The molecule has 0 spiro atoms. The lowest BCUT2D eigenvalue weighted by Crippen LogP contribution is -2.49. The standard InChI is InChI=1S/C34H27F4N5O3/c1-45-34(44)21-7-8-30-31(13-21)43(10-9-42-17-24(35)18-42)32(40-30)14-23-12-28(38)25(15-27(23)37)29-3-2-4-33(41-29)46-19-22-6-5-20(16-39)11-26(22)36/h2-8,11-13,15,24H,9-10,14,17-19H2,1H3. The maximum absolute atomic E-state index is 15.6. The minimum Gasteiger partial charge on any atom is -0.473 e. The maximum Gasteiger partial charge on any atom is 0.337 e. The van der Waals surface area contributed by atoms with Gasteiger partial charge in [0.1, 0.15) is 36.1 Å². The third kappa shape index (κ3) is 6.41. The number of carbonyl (C=O) groups is 1. The van der Waals surface area contributed by atoms with Crippen molar-refractivity contribution >= 4 is 17.0 Å². The zero-order chi connectivity index (χ0) is 32.4. The lowest BCUT2D eigenvalue weighted by atomic mass is 10.0. The third-order valence-corrected chi connectivity index (χ3v) is 7.84. The number of imidazole rings is 1. The van der Waals surface area contributed by atoms with Gasteiger partial charge in [0.15, 0.2) is 0 Å². The Morgan fingerprint density at radius 1 is 0.957 bits per heavy atom. The Kier molecular flexibility index (Phi) is 8.68. The molecule has 0 bridgehead atoms. The van der Waals surface area contributed by atoms with Gasteiger partial charge in [-0.3, -0.25) is 4.90 Å². The molecule has 1 aliphatic heterocycles. The first-order valence-electron chi connectivity index (χ1n) is 14.4. The number of likely N-dealkylation sites (tertiary alicyclic amines) is 1. The van der Waals surface area contributed by atoms with Crippen LogP contribution in [-0.4, -0.2) is 58.3 Å². The fourth-order valence-corrected chi connectivity index (χ4v) is 5.35. The maximum atomic E-state index is 15.6. The van der Waals surface area contributed by atoms with Crippen LogP contribution in [0.4, 0.5) is 17.6 Å². The van der Waals surface area contributed by atoms with Crippen molar-refractivity contribution in [2.24, 2.45) is 0 Å².